The predicted molar refractivity (Wildman–Crippen MR) is 55.8 cm³/mol. The number of hydrogen-bond donors (Lipinski definition) is 0. The number of rotatable bonds is 0. The van der Waals surface area contributed by atoms with Crippen LogP contribution in [0, 0.1) is 6.92 Å². The first-order chi connectivity index (χ1) is 7.29. The fourth-order valence-electron chi connectivity index (χ4n) is 1.62. The first-order valence-corrected chi connectivity index (χ1v) is 4.76. The van der Waals surface area contributed by atoms with Gasteiger partial charge in [-0.25, -0.2) is 0 Å². The lowest BCUT2D eigenvalue weighted by molar-refractivity contribution is 0.840. The molecule has 3 heterocycles. The number of tetrazole rings is 1. The lowest BCUT2D eigenvalue weighted by Gasteiger charge is -2.04. The molecule has 0 aliphatic rings. The number of nitrogens with zero attached hydrogens (tertiary/aromatic N) is 5. The van der Waals surface area contributed by atoms with Gasteiger partial charge in [0, 0.05) is 17.1 Å². The lowest BCUT2D eigenvalue weighted by atomic mass is 10.2. The summed E-state index contributed by atoms with van der Waals surface area (Å²) in [5.74, 6) is 0. The number of pyridine rings is 2. The van der Waals surface area contributed by atoms with Gasteiger partial charge in [0.15, 0.2) is 5.65 Å². The fourth-order valence-corrected chi connectivity index (χ4v) is 1.87. The molecule has 6 heteroatoms. The van der Waals surface area contributed by atoms with Crippen molar-refractivity contribution in [3.63, 3.8) is 0 Å². The molecule has 0 saturated heterocycles. The van der Waals surface area contributed by atoms with Crippen LogP contribution in [0.5, 0.6) is 0 Å². The zero-order valence-corrected chi connectivity index (χ0v) is 8.60. The van der Waals surface area contributed by atoms with Gasteiger partial charge < -0.3 is 0 Å². The maximum Gasteiger partial charge on any atom is 0.184 e. The molecule has 3 aromatic heterocycles. The van der Waals surface area contributed by atoms with Crippen LogP contribution in [0.25, 0.3) is 16.6 Å². The third-order valence-corrected chi connectivity index (χ3v) is 2.89. The lowest BCUT2D eigenvalue weighted by Crippen LogP contribution is -1.95. The van der Waals surface area contributed by atoms with Crippen LogP contribution in [0.15, 0.2) is 18.5 Å². The third-order valence-electron chi connectivity index (χ3n) is 2.40. The van der Waals surface area contributed by atoms with E-state index in [-0.39, 0.29) is 0 Å². The van der Waals surface area contributed by atoms with Gasteiger partial charge in [0.25, 0.3) is 0 Å². The molecule has 0 aromatic carbocycles. The molecule has 74 valence electrons. The highest BCUT2D eigenvalue weighted by Crippen LogP contribution is 2.27. The van der Waals surface area contributed by atoms with Gasteiger partial charge in [-0.05, 0) is 23.4 Å². The van der Waals surface area contributed by atoms with Gasteiger partial charge in [0.2, 0.25) is 0 Å². The number of hydrogen-bond acceptors (Lipinski definition) is 4. The highest BCUT2D eigenvalue weighted by Gasteiger charge is 2.11. The van der Waals surface area contributed by atoms with E-state index in [0.29, 0.717) is 10.7 Å². The van der Waals surface area contributed by atoms with Crippen molar-refractivity contribution < 1.29 is 0 Å². The largest absolute Gasteiger partial charge is 0.262 e. The SMILES string of the molecule is Cc1c(Cl)c2ccncc2n2nnnc12. The Balaban J connectivity index is 2.70. The predicted octanol–water partition coefficient (Wildman–Crippen LogP) is 1.63. The first kappa shape index (κ1) is 8.55. The Morgan fingerprint density at radius 1 is 1.40 bits per heavy atom. The minimum absolute atomic E-state index is 0.667. The van der Waals surface area contributed by atoms with Crippen molar-refractivity contribution in [3.8, 4) is 0 Å². The second-order valence-corrected chi connectivity index (χ2v) is 3.62. The zero-order valence-electron chi connectivity index (χ0n) is 7.85. The maximum absolute atomic E-state index is 6.23. The smallest absolute Gasteiger partial charge is 0.184 e. The van der Waals surface area contributed by atoms with Gasteiger partial charge in [-0.15, -0.1) is 5.10 Å². The Morgan fingerprint density at radius 2 is 2.27 bits per heavy atom. The molecular weight excluding hydrogens is 214 g/mol. The van der Waals surface area contributed by atoms with E-state index in [2.05, 4.69) is 20.5 Å². The monoisotopic (exact) mass is 219 g/mol. The Bertz CT molecular complexity index is 660. The van der Waals surface area contributed by atoms with Gasteiger partial charge in [-0.2, -0.15) is 4.52 Å². The highest BCUT2D eigenvalue weighted by molar-refractivity contribution is 6.36. The molecule has 0 unspecified atom stereocenters. The average Bonchev–Trinajstić information content (AvgIpc) is 2.75. The van der Waals surface area contributed by atoms with E-state index in [1.165, 1.54) is 0 Å². The summed E-state index contributed by atoms with van der Waals surface area (Å²) in [4.78, 5) is 4.04. The fraction of sp³-hybridized carbons (Fsp3) is 0.111. The van der Waals surface area contributed by atoms with E-state index in [1.807, 2.05) is 13.0 Å². The molecule has 0 atom stereocenters. The molecule has 3 aromatic rings. The summed E-state index contributed by atoms with van der Waals surface area (Å²) in [6.45, 7) is 1.90. The van der Waals surface area contributed by atoms with Crippen molar-refractivity contribution in [2.24, 2.45) is 0 Å². The minimum Gasteiger partial charge on any atom is -0.262 e. The molecule has 3 rings (SSSR count). The summed E-state index contributed by atoms with van der Waals surface area (Å²) in [5.41, 5.74) is 2.36. The quantitative estimate of drug-likeness (QED) is 0.577. The second kappa shape index (κ2) is 2.87. The van der Waals surface area contributed by atoms with E-state index in [9.17, 15) is 0 Å². The molecular formula is C9H6ClN5. The van der Waals surface area contributed by atoms with Crippen LogP contribution >= 0.6 is 11.6 Å². The van der Waals surface area contributed by atoms with E-state index >= 15 is 0 Å². The zero-order chi connectivity index (χ0) is 10.4. The Morgan fingerprint density at radius 3 is 3.13 bits per heavy atom. The molecule has 15 heavy (non-hydrogen) atoms. The van der Waals surface area contributed by atoms with Crippen LogP contribution in [-0.2, 0) is 0 Å². The minimum atomic E-state index is 0.667. The molecule has 0 bridgehead atoms. The Kier molecular flexibility index (Phi) is 1.63. The maximum atomic E-state index is 6.23. The van der Waals surface area contributed by atoms with Crippen LogP contribution in [0.3, 0.4) is 0 Å². The van der Waals surface area contributed by atoms with Crippen molar-refractivity contribution in [3.05, 3.63) is 29.0 Å². The number of aromatic nitrogens is 5. The van der Waals surface area contributed by atoms with E-state index < -0.39 is 0 Å². The van der Waals surface area contributed by atoms with E-state index in [1.54, 1.807) is 16.9 Å². The highest BCUT2D eigenvalue weighted by atomic mass is 35.5. The summed E-state index contributed by atoms with van der Waals surface area (Å²) in [6.07, 6.45) is 3.40. The van der Waals surface area contributed by atoms with Gasteiger partial charge >= 0.3 is 0 Å². The summed E-state index contributed by atoms with van der Waals surface area (Å²) >= 11 is 6.23. The van der Waals surface area contributed by atoms with E-state index in [0.717, 1.165) is 16.5 Å². The summed E-state index contributed by atoms with van der Waals surface area (Å²) in [6, 6.07) is 1.85. The molecule has 0 saturated carbocycles. The topological polar surface area (TPSA) is 56.0 Å². The van der Waals surface area contributed by atoms with Crippen molar-refractivity contribution in [2.75, 3.05) is 0 Å². The molecule has 0 fully saturated rings. The van der Waals surface area contributed by atoms with Crippen molar-refractivity contribution >= 4 is 28.2 Å². The van der Waals surface area contributed by atoms with Gasteiger partial charge in [0.1, 0.15) is 0 Å². The number of fused-ring (bicyclic) bond motifs is 3. The van der Waals surface area contributed by atoms with Crippen LogP contribution in [-0.4, -0.2) is 25.0 Å². The first-order valence-electron chi connectivity index (χ1n) is 4.39. The van der Waals surface area contributed by atoms with Gasteiger partial charge in [-0.1, -0.05) is 11.6 Å². The van der Waals surface area contributed by atoms with Crippen molar-refractivity contribution in [1.82, 2.24) is 25.0 Å². The summed E-state index contributed by atoms with van der Waals surface area (Å²) < 4.78 is 1.64. The van der Waals surface area contributed by atoms with Crippen LogP contribution in [0.1, 0.15) is 5.56 Å². The molecule has 0 aliphatic carbocycles. The summed E-state index contributed by atoms with van der Waals surface area (Å²) in [5, 5.41) is 13.0. The van der Waals surface area contributed by atoms with Crippen LogP contribution in [0.4, 0.5) is 0 Å². The van der Waals surface area contributed by atoms with Crippen LogP contribution < -0.4 is 0 Å². The average molecular weight is 220 g/mol. The van der Waals surface area contributed by atoms with Crippen molar-refractivity contribution in [2.45, 2.75) is 6.92 Å². The summed E-state index contributed by atoms with van der Waals surface area (Å²) in [7, 11) is 0. The number of aryl methyl sites for hydroxylation is 1. The Labute approximate surface area is 89.7 Å². The van der Waals surface area contributed by atoms with Gasteiger partial charge in [0.05, 0.1) is 16.7 Å². The Hall–Kier alpha value is -1.75. The van der Waals surface area contributed by atoms with Crippen molar-refractivity contribution in [1.29, 1.82) is 0 Å². The second-order valence-electron chi connectivity index (χ2n) is 3.25. The molecule has 5 nitrogen and oxygen atoms in total. The van der Waals surface area contributed by atoms with Gasteiger partial charge in [-0.3, -0.25) is 4.98 Å². The number of halogens is 1. The molecule has 0 N–H and O–H groups in total. The van der Waals surface area contributed by atoms with E-state index in [4.69, 9.17) is 11.6 Å². The third kappa shape index (κ3) is 1.04. The normalized spacial score (nSPS) is 11.3. The molecule has 0 radical (unpaired) electrons. The van der Waals surface area contributed by atoms with Crippen LogP contribution in [0.2, 0.25) is 5.02 Å². The molecule has 0 amide bonds. The standard InChI is InChI=1S/C9H6ClN5/c1-5-8(10)6-2-3-11-4-7(6)15-9(5)12-13-14-15/h2-4H,1H3. The molecule has 0 aliphatic heterocycles. The molecule has 0 spiro atoms.